The van der Waals surface area contributed by atoms with Gasteiger partial charge in [0.25, 0.3) is 0 Å². The highest BCUT2D eigenvalue weighted by atomic mass is 35.5. The SMILES string of the molecule is Cl.Nc1cccc(CN(Cc2c(F)cccc2F)C2CC2)c1. The molecule has 1 aliphatic carbocycles. The first kappa shape index (κ1) is 16.7. The summed E-state index contributed by atoms with van der Waals surface area (Å²) < 4.78 is 27.6. The van der Waals surface area contributed by atoms with Crippen molar-refractivity contribution in [2.75, 3.05) is 5.73 Å². The van der Waals surface area contributed by atoms with Gasteiger partial charge in [-0.05, 0) is 42.7 Å². The van der Waals surface area contributed by atoms with E-state index in [0.717, 1.165) is 18.4 Å². The highest BCUT2D eigenvalue weighted by molar-refractivity contribution is 5.85. The highest BCUT2D eigenvalue weighted by Gasteiger charge is 2.30. The van der Waals surface area contributed by atoms with Crippen LogP contribution in [-0.4, -0.2) is 10.9 Å². The first-order valence-electron chi connectivity index (χ1n) is 7.15. The molecule has 0 bridgehead atoms. The Bertz CT molecular complexity index is 624. The molecule has 0 aromatic heterocycles. The minimum Gasteiger partial charge on any atom is -0.399 e. The molecule has 0 unspecified atom stereocenters. The number of nitrogens with two attached hydrogens (primary N) is 1. The molecular formula is C17H19ClF2N2. The Morgan fingerprint density at radius 2 is 1.64 bits per heavy atom. The molecule has 22 heavy (non-hydrogen) atoms. The van der Waals surface area contributed by atoms with E-state index in [1.54, 1.807) is 0 Å². The Morgan fingerprint density at radius 1 is 1.00 bits per heavy atom. The number of benzene rings is 2. The van der Waals surface area contributed by atoms with Crippen molar-refractivity contribution in [1.29, 1.82) is 0 Å². The van der Waals surface area contributed by atoms with Gasteiger partial charge in [-0.2, -0.15) is 0 Å². The Labute approximate surface area is 135 Å². The summed E-state index contributed by atoms with van der Waals surface area (Å²) in [6.45, 7) is 0.946. The molecule has 0 aliphatic heterocycles. The smallest absolute Gasteiger partial charge is 0.130 e. The average molecular weight is 325 g/mol. The van der Waals surface area contributed by atoms with Gasteiger partial charge in [0.05, 0.1) is 0 Å². The van der Waals surface area contributed by atoms with E-state index < -0.39 is 11.6 Å². The fraction of sp³-hybridized carbons (Fsp3) is 0.294. The third-order valence-electron chi connectivity index (χ3n) is 3.82. The maximum Gasteiger partial charge on any atom is 0.130 e. The van der Waals surface area contributed by atoms with Crippen LogP contribution in [0.2, 0.25) is 0 Å². The molecule has 2 nitrogen and oxygen atoms in total. The maximum absolute atomic E-state index is 13.8. The van der Waals surface area contributed by atoms with Gasteiger partial charge in [-0.15, -0.1) is 12.4 Å². The zero-order chi connectivity index (χ0) is 14.8. The van der Waals surface area contributed by atoms with Gasteiger partial charge < -0.3 is 5.73 Å². The van der Waals surface area contributed by atoms with Crippen LogP contribution in [0.25, 0.3) is 0 Å². The second-order valence-corrected chi connectivity index (χ2v) is 5.58. The predicted octanol–water partition coefficient (Wildman–Crippen LogP) is 4.13. The molecule has 1 saturated carbocycles. The zero-order valence-electron chi connectivity index (χ0n) is 12.1. The second kappa shape index (κ2) is 7.07. The molecule has 5 heteroatoms. The lowest BCUT2D eigenvalue weighted by atomic mass is 10.1. The molecule has 1 aliphatic rings. The standard InChI is InChI=1S/C17H18F2N2.ClH/c18-16-5-2-6-17(19)15(16)11-21(14-7-8-14)10-12-3-1-4-13(20)9-12;/h1-6,9,14H,7-8,10-11,20H2;1H. The number of anilines is 1. The number of halogens is 3. The van der Waals surface area contributed by atoms with E-state index in [2.05, 4.69) is 4.90 Å². The van der Waals surface area contributed by atoms with E-state index in [4.69, 9.17) is 5.73 Å². The van der Waals surface area contributed by atoms with Crippen LogP contribution in [0.4, 0.5) is 14.5 Å². The molecule has 1 fully saturated rings. The molecule has 2 aromatic rings. The molecule has 2 aromatic carbocycles. The summed E-state index contributed by atoms with van der Waals surface area (Å²) >= 11 is 0. The first-order chi connectivity index (χ1) is 10.1. The van der Waals surface area contributed by atoms with Gasteiger partial charge in [0.15, 0.2) is 0 Å². The summed E-state index contributed by atoms with van der Waals surface area (Å²) in [5, 5.41) is 0. The fourth-order valence-corrected chi connectivity index (χ4v) is 2.57. The molecule has 118 valence electrons. The summed E-state index contributed by atoms with van der Waals surface area (Å²) in [7, 11) is 0. The predicted molar refractivity (Wildman–Crippen MR) is 86.7 cm³/mol. The van der Waals surface area contributed by atoms with Crippen molar-refractivity contribution in [2.24, 2.45) is 0 Å². The van der Waals surface area contributed by atoms with Crippen molar-refractivity contribution in [3.05, 3.63) is 65.2 Å². The lowest BCUT2D eigenvalue weighted by Gasteiger charge is -2.23. The Balaban J connectivity index is 0.00000176. The first-order valence-corrected chi connectivity index (χ1v) is 7.15. The van der Waals surface area contributed by atoms with Gasteiger partial charge in [-0.1, -0.05) is 18.2 Å². The summed E-state index contributed by atoms with van der Waals surface area (Å²) in [6, 6.07) is 12.1. The number of hydrogen-bond acceptors (Lipinski definition) is 2. The quantitative estimate of drug-likeness (QED) is 0.838. The van der Waals surface area contributed by atoms with Gasteiger partial charge in [0.1, 0.15) is 11.6 Å². The van der Waals surface area contributed by atoms with E-state index in [1.165, 1.54) is 18.2 Å². The molecular weight excluding hydrogens is 306 g/mol. The number of hydrogen-bond donors (Lipinski definition) is 1. The topological polar surface area (TPSA) is 29.3 Å². The van der Waals surface area contributed by atoms with Gasteiger partial charge >= 0.3 is 0 Å². The van der Waals surface area contributed by atoms with Crippen LogP contribution in [0.3, 0.4) is 0 Å². The van der Waals surface area contributed by atoms with Crippen LogP contribution < -0.4 is 5.73 Å². The van der Waals surface area contributed by atoms with Crippen LogP contribution in [0.5, 0.6) is 0 Å². The van der Waals surface area contributed by atoms with Gasteiger partial charge in [0, 0.05) is 30.4 Å². The van der Waals surface area contributed by atoms with Crippen LogP contribution in [0, 0.1) is 11.6 Å². The number of nitrogens with zero attached hydrogens (tertiary/aromatic N) is 1. The molecule has 2 N–H and O–H groups in total. The normalized spacial score (nSPS) is 14.0. The third kappa shape index (κ3) is 3.96. The minimum atomic E-state index is -0.478. The van der Waals surface area contributed by atoms with Crippen molar-refractivity contribution in [2.45, 2.75) is 32.0 Å². The van der Waals surface area contributed by atoms with E-state index >= 15 is 0 Å². The molecule has 0 spiro atoms. The molecule has 0 radical (unpaired) electrons. The van der Waals surface area contributed by atoms with Crippen molar-refractivity contribution < 1.29 is 8.78 Å². The lowest BCUT2D eigenvalue weighted by molar-refractivity contribution is 0.238. The van der Waals surface area contributed by atoms with Crippen molar-refractivity contribution >= 4 is 18.1 Å². The van der Waals surface area contributed by atoms with Crippen molar-refractivity contribution in [1.82, 2.24) is 4.90 Å². The Kier molecular flexibility index (Phi) is 5.37. The lowest BCUT2D eigenvalue weighted by Crippen LogP contribution is -2.26. The Hall–Kier alpha value is -1.65. The van der Waals surface area contributed by atoms with Gasteiger partial charge in [-0.3, -0.25) is 4.90 Å². The van der Waals surface area contributed by atoms with E-state index in [0.29, 0.717) is 18.3 Å². The molecule has 3 rings (SSSR count). The summed E-state index contributed by atoms with van der Waals surface area (Å²) in [4.78, 5) is 2.12. The average Bonchev–Trinajstić information content (AvgIpc) is 3.26. The zero-order valence-corrected chi connectivity index (χ0v) is 13.0. The fourth-order valence-electron chi connectivity index (χ4n) is 2.57. The molecule has 0 atom stereocenters. The van der Waals surface area contributed by atoms with Crippen LogP contribution in [0.1, 0.15) is 24.0 Å². The minimum absolute atomic E-state index is 0. The maximum atomic E-state index is 13.8. The Morgan fingerprint density at radius 3 is 2.23 bits per heavy atom. The monoisotopic (exact) mass is 324 g/mol. The summed E-state index contributed by atoms with van der Waals surface area (Å²) in [5.41, 5.74) is 7.71. The van der Waals surface area contributed by atoms with E-state index in [9.17, 15) is 8.78 Å². The van der Waals surface area contributed by atoms with Gasteiger partial charge in [-0.25, -0.2) is 8.78 Å². The van der Waals surface area contributed by atoms with Crippen LogP contribution >= 0.6 is 12.4 Å². The van der Waals surface area contributed by atoms with E-state index in [1.807, 2.05) is 24.3 Å². The van der Waals surface area contributed by atoms with Gasteiger partial charge in [0.2, 0.25) is 0 Å². The third-order valence-corrected chi connectivity index (χ3v) is 3.82. The van der Waals surface area contributed by atoms with Crippen LogP contribution in [-0.2, 0) is 13.1 Å². The molecule has 0 heterocycles. The summed E-state index contributed by atoms with van der Waals surface area (Å²) in [5.74, 6) is -0.957. The number of rotatable bonds is 5. The molecule has 0 saturated heterocycles. The largest absolute Gasteiger partial charge is 0.399 e. The summed E-state index contributed by atoms with van der Waals surface area (Å²) in [6.07, 6.45) is 2.16. The van der Waals surface area contributed by atoms with Crippen LogP contribution in [0.15, 0.2) is 42.5 Å². The number of nitrogen functional groups attached to an aromatic ring is 1. The van der Waals surface area contributed by atoms with Crippen molar-refractivity contribution in [3.8, 4) is 0 Å². The van der Waals surface area contributed by atoms with Crippen molar-refractivity contribution in [3.63, 3.8) is 0 Å². The second-order valence-electron chi connectivity index (χ2n) is 5.58. The highest BCUT2D eigenvalue weighted by Crippen LogP contribution is 2.31. The van der Waals surface area contributed by atoms with E-state index in [-0.39, 0.29) is 24.5 Å². The molecule has 0 amide bonds.